The van der Waals surface area contributed by atoms with Crippen molar-refractivity contribution in [3.8, 4) is 0 Å². The van der Waals surface area contributed by atoms with Gasteiger partial charge in [-0.15, -0.1) is 10.2 Å². The fourth-order valence-electron chi connectivity index (χ4n) is 2.28. The van der Waals surface area contributed by atoms with Crippen molar-refractivity contribution in [2.75, 3.05) is 5.73 Å². The summed E-state index contributed by atoms with van der Waals surface area (Å²) in [5.74, 6) is 0. The van der Waals surface area contributed by atoms with Crippen LogP contribution in [-0.2, 0) is 10.0 Å². The van der Waals surface area contributed by atoms with E-state index in [1.54, 1.807) is 4.31 Å². The Hall–Kier alpha value is -0.730. The first-order chi connectivity index (χ1) is 7.96. The molecule has 2 N–H and O–H groups in total. The van der Waals surface area contributed by atoms with Gasteiger partial charge in [0.2, 0.25) is 9.47 Å². The van der Waals surface area contributed by atoms with Crippen LogP contribution >= 0.6 is 11.3 Å². The highest BCUT2D eigenvalue weighted by Gasteiger charge is 2.40. The molecule has 17 heavy (non-hydrogen) atoms. The number of hydrogen-bond donors (Lipinski definition) is 1. The Morgan fingerprint density at radius 3 is 2.71 bits per heavy atom. The van der Waals surface area contributed by atoms with E-state index in [9.17, 15) is 8.42 Å². The van der Waals surface area contributed by atoms with Crippen LogP contribution in [-0.4, -0.2) is 35.0 Å². The lowest BCUT2D eigenvalue weighted by Gasteiger charge is -2.25. The van der Waals surface area contributed by atoms with Crippen molar-refractivity contribution in [3.63, 3.8) is 0 Å². The fraction of sp³-hybridized carbons (Fsp3) is 0.778. The molecule has 0 saturated carbocycles. The van der Waals surface area contributed by atoms with E-state index in [1.807, 2.05) is 13.8 Å². The second-order valence-electron chi connectivity index (χ2n) is 4.23. The number of nitrogens with zero attached hydrogens (tertiary/aromatic N) is 3. The summed E-state index contributed by atoms with van der Waals surface area (Å²) in [6.45, 7) is 3.93. The normalized spacial score (nSPS) is 26.5. The number of sulfonamides is 1. The van der Waals surface area contributed by atoms with E-state index in [-0.39, 0.29) is 21.6 Å². The molecule has 2 unspecified atom stereocenters. The Kier molecular flexibility index (Phi) is 3.37. The summed E-state index contributed by atoms with van der Waals surface area (Å²) in [6.07, 6.45) is 2.62. The van der Waals surface area contributed by atoms with E-state index in [0.29, 0.717) is 0 Å². The molecule has 6 nitrogen and oxygen atoms in total. The smallest absolute Gasteiger partial charge is 0.272 e. The number of nitrogen functional groups attached to an aromatic ring is 1. The minimum atomic E-state index is -3.53. The molecule has 1 aliphatic rings. The van der Waals surface area contributed by atoms with Gasteiger partial charge in [0, 0.05) is 12.1 Å². The van der Waals surface area contributed by atoms with Gasteiger partial charge in [-0.25, -0.2) is 8.42 Å². The van der Waals surface area contributed by atoms with Gasteiger partial charge >= 0.3 is 0 Å². The molecule has 1 aromatic rings. The summed E-state index contributed by atoms with van der Waals surface area (Å²) in [4.78, 5) is 0. The van der Waals surface area contributed by atoms with E-state index in [0.717, 1.165) is 30.6 Å². The van der Waals surface area contributed by atoms with Crippen LogP contribution < -0.4 is 5.73 Å². The third-order valence-electron chi connectivity index (χ3n) is 3.10. The molecule has 0 radical (unpaired) electrons. The van der Waals surface area contributed by atoms with Crippen LogP contribution in [0.3, 0.4) is 0 Å². The molecule has 0 spiro atoms. The minimum Gasteiger partial charge on any atom is -0.374 e. The van der Waals surface area contributed by atoms with Crippen molar-refractivity contribution >= 4 is 26.5 Å². The quantitative estimate of drug-likeness (QED) is 0.892. The molecule has 1 saturated heterocycles. The largest absolute Gasteiger partial charge is 0.374 e. The Balaban J connectivity index is 2.38. The van der Waals surface area contributed by atoms with Crippen LogP contribution in [0.2, 0.25) is 0 Å². The van der Waals surface area contributed by atoms with Crippen LogP contribution in [0.1, 0.15) is 33.1 Å². The molecule has 2 rings (SSSR count). The van der Waals surface area contributed by atoms with E-state index in [2.05, 4.69) is 10.2 Å². The molecule has 1 fully saturated rings. The van der Waals surface area contributed by atoms with Gasteiger partial charge in [-0.05, 0) is 26.2 Å². The molecular formula is C9H16N4O2S2. The second kappa shape index (κ2) is 4.51. The maximum Gasteiger partial charge on any atom is 0.272 e. The van der Waals surface area contributed by atoms with E-state index in [4.69, 9.17) is 5.73 Å². The van der Waals surface area contributed by atoms with Gasteiger partial charge in [0.15, 0.2) is 0 Å². The lowest BCUT2D eigenvalue weighted by Crippen LogP contribution is -2.39. The average molecular weight is 276 g/mol. The van der Waals surface area contributed by atoms with Gasteiger partial charge in [0.05, 0.1) is 0 Å². The van der Waals surface area contributed by atoms with E-state index >= 15 is 0 Å². The molecule has 0 aliphatic carbocycles. The lowest BCUT2D eigenvalue weighted by molar-refractivity contribution is 0.328. The Morgan fingerprint density at radius 1 is 1.47 bits per heavy atom. The molecule has 0 bridgehead atoms. The van der Waals surface area contributed by atoms with Gasteiger partial charge in [-0.3, -0.25) is 0 Å². The number of nitrogens with two attached hydrogens (primary N) is 1. The highest BCUT2D eigenvalue weighted by atomic mass is 32.2. The monoisotopic (exact) mass is 276 g/mol. The van der Waals surface area contributed by atoms with Crippen LogP contribution in [0.5, 0.6) is 0 Å². The maximum atomic E-state index is 12.4. The van der Waals surface area contributed by atoms with Gasteiger partial charge in [0.25, 0.3) is 10.0 Å². The number of rotatable bonds is 3. The van der Waals surface area contributed by atoms with E-state index < -0.39 is 10.0 Å². The lowest BCUT2D eigenvalue weighted by atomic mass is 10.2. The molecule has 8 heteroatoms. The summed E-state index contributed by atoms with van der Waals surface area (Å²) in [5, 5.41) is 7.40. The Labute approximate surface area is 105 Å². The topological polar surface area (TPSA) is 89.2 Å². The summed E-state index contributed by atoms with van der Waals surface area (Å²) in [6, 6.07) is 0.0928. The third kappa shape index (κ3) is 2.16. The van der Waals surface area contributed by atoms with Crippen LogP contribution in [0.4, 0.5) is 5.13 Å². The van der Waals surface area contributed by atoms with Crippen LogP contribution in [0.25, 0.3) is 0 Å². The average Bonchev–Trinajstić information content (AvgIpc) is 2.84. The van der Waals surface area contributed by atoms with E-state index in [1.165, 1.54) is 0 Å². The highest BCUT2D eigenvalue weighted by molar-refractivity contribution is 7.91. The molecule has 1 aromatic heterocycles. The second-order valence-corrected chi connectivity index (χ2v) is 7.26. The molecule has 0 amide bonds. The number of hydrogen-bond acceptors (Lipinski definition) is 6. The zero-order valence-electron chi connectivity index (χ0n) is 9.83. The van der Waals surface area contributed by atoms with Crippen molar-refractivity contribution in [1.82, 2.24) is 14.5 Å². The van der Waals surface area contributed by atoms with Gasteiger partial charge in [-0.2, -0.15) is 4.31 Å². The third-order valence-corrected chi connectivity index (χ3v) is 6.27. The van der Waals surface area contributed by atoms with Gasteiger partial charge in [-0.1, -0.05) is 18.3 Å². The Morgan fingerprint density at radius 2 is 2.18 bits per heavy atom. The summed E-state index contributed by atoms with van der Waals surface area (Å²) < 4.78 is 26.4. The standard InChI is InChI=1S/C9H16N4O2S2/c1-3-7-5-4-6(2)13(7)17(14,15)9-12-11-8(10)16-9/h6-7H,3-5H2,1-2H3,(H2,10,11). The Bertz CT molecular complexity index is 499. The van der Waals surface area contributed by atoms with Crippen molar-refractivity contribution < 1.29 is 8.42 Å². The van der Waals surface area contributed by atoms with Crippen LogP contribution in [0, 0.1) is 0 Å². The molecule has 2 heterocycles. The molecule has 1 aliphatic heterocycles. The van der Waals surface area contributed by atoms with Crippen LogP contribution in [0.15, 0.2) is 4.34 Å². The predicted molar refractivity (Wildman–Crippen MR) is 66.1 cm³/mol. The first-order valence-electron chi connectivity index (χ1n) is 5.59. The summed E-state index contributed by atoms with van der Waals surface area (Å²) in [7, 11) is -3.53. The minimum absolute atomic E-state index is 0.00204. The highest BCUT2D eigenvalue weighted by Crippen LogP contribution is 2.33. The first-order valence-corrected chi connectivity index (χ1v) is 7.85. The SMILES string of the molecule is CCC1CCC(C)N1S(=O)(=O)c1nnc(N)s1. The van der Waals surface area contributed by atoms with Gasteiger partial charge < -0.3 is 5.73 Å². The number of anilines is 1. The van der Waals surface area contributed by atoms with Gasteiger partial charge in [0.1, 0.15) is 0 Å². The predicted octanol–water partition coefficient (Wildman–Crippen LogP) is 1.07. The molecule has 96 valence electrons. The van der Waals surface area contributed by atoms with Crippen molar-refractivity contribution in [1.29, 1.82) is 0 Å². The number of aromatic nitrogens is 2. The molecule has 0 aromatic carbocycles. The molecular weight excluding hydrogens is 260 g/mol. The molecule has 2 atom stereocenters. The van der Waals surface area contributed by atoms with Crippen molar-refractivity contribution in [2.24, 2.45) is 0 Å². The summed E-state index contributed by atoms with van der Waals surface area (Å²) in [5.41, 5.74) is 5.44. The fourth-order valence-corrected chi connectivity index (χ4v) is 5.11. The maximum absolute atomic E-state index is 12.4. The van der Waals surface area contributed by atoms with Crippen molar-refractivity contribution in [3.05, 3.63) is 0 Å². The van der Waals surface area contributed by atoms with Crippen molar-refractivity contribution in [2.45, 2.75) is 49.5 Å². The zero-order valence-corrected chi connectivity index (χ0v) is 11.5. The zero-order chi connectivity index (χ0) is 12.6. The summed E-state index contributed by atoms with van der Waals surface area (Å²) >= 11 is 0.922. The first kappa shape index (κ1) is 12.7.